The SMILES string of the molecule is CC(=NNC(=O)C1CC1)C(c1ccccc1)N1CCOCC1. The highest BCUT2D eigenvalue weighted by molar-refractivity contribution is 5.90. The zero-order valence-corrected chi connectivity index (χ0v) is 13.0. The molecule has 1 N–H and O–H groups in total. The zero-order valence-electron chi connectivity index (χ0n) is 13.0. The van der Waals surface area contributed by atoms with Crippen molar-refractivity contribution in [3.05, 3.63) is 35.9 Å². The summed E-state index contributed by atoms with van der Waals surface area (Å²) in [6.07, 6.45) is 1.98. The number of carbonyl (C=O) groups excluding carboxylic acids is 1. The van der Waals surface area contributed by atoms with Crippen LogP contribution in [0, 0.1) is 5.92 Å². The molecule has 22 heavy (non-hydrogen) atoms. The number of amides is 1. The van der Waals surface area contributed by atoms with E-state index >= 15 is 0 Å². The van der Waals surface area contributed by atoms with Crippen LogP contribution in [-0.4, -0.2) is 42.8 Å². The summed E-state index contributed by atoms with van der Waals surface area (Å²) >= 11 is 0. The van der Waals surface area contributed by atoms with E-state index in [0.29, 0.717) is 0 Å². The number of carbonyl (C=O) groups is 1. The minimum Gasteiger partial charge on any atom is -0.379 e. The van der Waals surface area contributed by atoms with E-state index in [9.17, 15) is 4.79 Å². The van der Waals surface area contributed by atoms with Crippen LogP contribution in [-0.2, 0) is 9.53 Å². The van der Waals surface area contributed by atoms with Gasteiger partial charge in [-0.15, -0.1) is 0 Å². The van der Waals surface area contributed by atoms with E-state index in [4.69, 9.17) is 4.74 Å². The molecule has 1 aliphatic heterocycles. The molecule has 1 heterocycles. The van der Waals surface area contributed by atoms with Gasteiger partial charge in [-0.05, 0) is 25.3 Å². The lowest BCUT2D eigenvalue weighted by molar-refractivity contribution is -0.122. The lowest BCUT2D eigenvalue weighted by Crippen LogP contribution is -2.42. The van der Waals surface area contributed by atoms with Gasteiger partial charge in [-0.1, -0.05) is 30.3 Å². The maximum Gasteiger partial charge on any atom is 0.243 e. The lowest BCUT2D eigenvalue weighted by Gasteiger charge is -2.34. The number of nitrogens with one attached hydrogen (secondary N) is 1. The first-order valence-corrected chi connectivity index (χ1v) is 7.96. The van der Waals surface area contributed by atoms with Gasteiger partial charge < -0.3 is 4.74 Å². The maximum absolute atomic E-state index is 11.8. The van der Waals surface area contributed by atoms with Crippen molar-refractivity contribution in [2.75, 3.05) is 26.3 Å². The van der Waals surface area contributed by atoms with E-state index in [2.05, 4.69) is 27.6 Å². The number of benzene rings is 1. The van der Waals surface area contributed by atoms with Crippen LogP contribution in [0.3, 0.4) is 0 Å². The molecule has 1 aliphatic carbocycles. The predicted octanol–water partition coefficient (Wildman–Crippen LogP) is 1.96. The Morgan fingerprint density at radius 1 is 1.27 bits per heavy atom. The third-order valence-electron chi connectivity index (χ3n) is 4.21. The van der Waals surface area contributed by atoms with Gasteiger partial charge in [-0.25, -0.2) is 5.43 Å². The average Bonchev–Trinajstić information content (AvgIpc) is 3.40. The number of ether oxygens (including phenoxy) is 1. The van der Waals surface area contributed by atoms with Gasteiger partial charge in [-0.2, -0.15) is 5.10 Å². The highest BCUT2D eigenvalue weighted by Crippen LogP contribution is 2.29. The number of hydrogen-bond acceptors (Lipinski definition) is 4. The number of nitrogens with zero attached hydrogens (tertiary/aromatic N) is 2. The number of hydrazone groups is 1. The molecule has 1 atom stereocenters. The van der Waals surface area contributed by atoms with Gasteiger partial charge in [0.2, 0.25) is 5.91 Å². The van der Waals surface area contributed by atoms with Gasteiger partial charge in [0.25, 0.3) is 0 Å². The van der Waals surface area contributed by atoms with Crippen molar-refractivity contribution in [1.82, 2.24) is 10.3 Å². The van der Waals surface area contributed by atoms with Crippen LogP contribution in [0.15, 0.2) is 35.4 Å². The Hall–Kier alpha value is -1.72. The molecule has 2 aliphatic rings. The molecule has 1 unspecified atom stereocenters. The summed E-state index contributed by atoms with van der Waals surface area (Å²) in [6, 6.07) is 10.4. The highest BCUT2D eigenvalue weighted by Gasteiger charge is 2.30. The van der Waals surface area contributed by atoms with Crippen LogP contribution >= 0.6 is 0 Å². The molecule has 0 bridgehead atoms. The molecule has 1 saturated heterocycles. The van der Waals surface area contributed by atoms with E-state index in [1.807, 2.05) is 25.1 Å². The third kappa shape index (κ3) is 3.72. The lowest BCUT2D eigenvalue weighted by atomic mass is 10.0. The van der Waals surface area contributed by atoms with Crippen molar-refractivity contribution in [3.63, 3.8) is 0 Å². The summed E-state index contributed by atoms with van der Waals surface area (Å²) in [5, 5.41) is 4.37. The fourth-order valence-corrected chi connectivity index (χ4v) is 2.83. The van der Waals surface area contributed by atoms with Crippen molar-refractivity contribution in [3.8, 4) is 0 Å². The molecule has 0 radical (unpaired) electrons. The standard InChI is InChI=1S/C17H23N3O2/c1-13(18-19-17(21)15-7-8-15)16(14-5-3-2-4-6-14)20-9-11-22-12-10-20/h2-6,15-16H,7-12H2,1H3,(H,19,21). The van der Waals surface area contributed by atoms with Crippen LogP contribution in [0.1, 0.15) is 31.4 Å². The van der Waals surface area contributed by atoms with Crippen LogP contribution in [0.5, 0.6) is 0 Å². The van der Waals surface area contributed by atoms with Gasteiger partial charge in [-0.3, -0.25) is 9.69 Å². The minimum atomic E-state index is 0.0492. The van der Waals surface area contributed by atoms with Gasteiger partial charge in [0, 0.05) is 19.0 Å². The predicted molar refractivity (Wildman–Crippen MR) is 85.6 cm³/mol. The largest absolute Gasteiger partial charge is 0.379 e. The summed E-state index contributed by atoms with van der Waals surface area (Å²) in [5.74, 6) is 0.225. The smallest absolute Gasteiger partial charge is 0.243 e. The molecule has 5 nitrogen and oxygen atoms in total. The number of morpholine rings is 1. The van der Waals surface area contributed by atoms with Gasteiger partial charge in [0.15, 0.2) is 0 Å². The van der Waals surface area contributed by atoms with Crippen LogP contribution < -0.4 is 5.43 Å². The average molecular weight is 301 g/mol. The molecule has 0 aromatic heterocycles. The van der Waals surface area contributed by atoms with Crippen molar-refractivity contribution in [2.24, 2.45) is 11.0 Å². The molecule has 5 heteroatoms. The fourth-order valence-electron chi connectivity index (χ4n) is 2.83. The van der Waals surface area contributed by atoms with E-state index in [0.717, 1.165) is 44.9 Å². The highest BCUT2D eigenvalue weighted by atomic mass is 16.5. The fraction of sp³-hybridized carbons (Fsp3) is 0.529. The molecule has 3 rings (SSSR count). The molecule has 1 aromatic carbocycles. The second-order valence-corrected chi connectivity index (χ2v) is 5.97. The third-order valence-corrected chi connectivity index (χ3v) is 4.21. The van der Waals surface area contributed by atoms with Crippen molar-refractivity contribution in [2.45, 2.75) is 25.8 Å². The first-order chi connectivity index (χ1) is 10.8. The molecule has 1 amide bonds. The summed E-state index contributed by atoms with van der Waals surface area (Å²) < 4.78 is 5.45. The summed E-state index contributed by atoms with van der Waals surface area (Å²) in [6.45, 7) is 5.22. The van der Waals surface area contributed by atoms with E-state index in [1.165, 1.54) is 5.56 Å². The van der Waals surface area contributed by atoms with Crippen LogP contribution in [0.4, 0.5) is 0 Å². The zero-order chi connectivity index (χ0) is 15.4. The molecular formula is C17H23N3O2. The molecule has 1 saturated carbocycles. The monoisotopic (exact) mass is 301 g/mol. The minimum absolute atomic E-state index is 0.0492. The van der Waals surface area contributed by atoms with E-state index in [-0.39, 0.29) is 17.9 Å². The molecular weight excluding hydrogens is 278 g/mol. The van der Waals surface area contributed by atoms with Gasteiger partial charge in [0.1, 0.15) is 0 Å². The Morgan fingerprint density at radius 3 is 2.59 bits per heavy atom. The first-order valence-electron chi connectivity index (χ1n) is 7.96. The van der Waals surface area contributed by atoms with Crippen molar-refractivity contribution >= 4 is 11.6 Å². The van der Waals surface area contributed by atoms with Gasteiger partial charge in [0.05, 0.1) is 25.0 Å². The molecule has 2 fully saturated rings. The molecule has 1 aromatic rings. The second kappa shape index (κ2) is 7.03. The summed E-state index contributed by atoms with van der Waals surface area (Å²) in [5.41, 5.74) is 4.84. The maximum atomic E-state index is 11.8. The van der Waals surface area contributed by atoms with Crippen LogP contribution in [0.25, 0.3) is 0 Å². The van der Waals surface area contributed by atoms with Crippen LogP contribution in [0.2, 0.25) is 0 Å². The molecule has 0 spiro atoms. The summed E-state index contributed by atoms with van der Waals surface area (Å²) in [7, 11) is 0. The normalized spacial score (nSPS) is 21.4. The topological polar surface area (TPSA) is 53.9 Å². The quantitative estimate of drug-likeness (QED) is 0.668. The number of rotatable bonds is 5. The Labute approximate surface area is 131 Å². The van der Waals surface area contributed by atoms with E-state index < -0.39 is 0 Å². The first kappa shape index (κ1) is 15.2. The van der Waals surface area contributed by atoms with Crippen molar-refractivity contribution in [1.29, 1.82) is 0 Å². The summed E-state index contributed by atoms with van der Waals surface area (Å²) in [4.78, 5) is 14.2. The Bertz CT molecular complexity index is 534. The Morgan fingerprint density at radius 2 is 1.95 bits per heavy atom. The number of hydrogen-bond donors (Lipinski definition) is 1. The second-order valence-electron chi connectivity index (χ2n) is 5.97. The molecule has 118 valence electrons. The Kier molecular flexibility index (Phi) is 4.85. The Balaban J connectivity index is 1.77. The van der Waals surface area contributed by atoms with Gasteiger partial charge >= 0.3 is 0 Å². The van der Waals surface area contributed by atoms with Crippen molar-refractivity contribution < 1.29 is 9.53 Å². The van der Waals surface area contributed by atoms with E-state index in [1.54, 1.807) is 0 Å².